The zero-order valence-corrected chi connectivity index (χ0v) is 20.3. The third-order valence-electron chi connectivity index (χ3n) is 5.08. The second-order valence-corrected chi connectivity index (χ2v) is 9.01. The molecule has 0 unspecified atom stereocenters. The van der Waals surface area contributed by atoms with Gasteiger partial charge < -0.3 is 19.2 Å². The Labute approximate surface area is 205 Å². The topological polar surface area (TPSA) is 102 Å². The minimum atomic E-state index is -0.538. The van der Waals surface area contributed by atoms with E-state index in [1.54, 1.807) is 36.4 Å². The van der Waals surface area contributed by atoms with Crippen LogP contribution in [0.3, 0.4) is 0 Å². The lowest BCUT2D eigenvalue weighted by Gasteiger charge is -2.23. The van der Waals surface area contributed by atoms with Crippen LogP contribution in [-0.4, -0.2) is 18.5 Å². The maximum absolute atomic E-state index is 12.3. The molecule has 0 saturated heterocycles. The molecule has 180 valence electrons. The van der Waals surface area contributed by atoms with E-state index in [-0.39, 0.29) is 24.1 Å². The summed E-state index contributed by atoms with van der Waals surface area (Å²) in [4.78, 5) is 24.6. The van der Waals surface area contributed by atoms with Gasteiger partial charge >= 0.3 is 5.97 Å². The van der Waals surface area contributed by atoms with Crippen LogP contribution in [0.15, 0.2) is 70.9 Å². The number of aryl methyl sites for hydroxylation is 1. The largest absolute Gasteiger partial charge is 0.482 e. The molecule has 0 spiro atoms. The minimum absolute atomic E-state index is 0.0533. The molecule has 3 rings (SSSR count). The number of nitriles is 1. The number of carbonyl (C=O) groups excluding carboxylic acids is 2. The Balaban J connectivity index is 1.57. The molecule has 0 fully saturated rings. The Morgan fingerprint density at radius 1 is 1.11 bits per heavy atom. The van der Waals surface area contributed by atoms with Crippen LogP contribution in [0.25, 0.3) is 6.08 Å². The number of rotatable bonds is 8. The van der Waals surface area contributed by atoms with Crippen molar-refractivity contribution in [3.05, 3.63) is 88.9 Å². The number of nitrogens with one attached hydrogen (secondary N) is 1. The highest BCUT2D eigenvalue weighted by atomic mass is 16.6. The fourth-order valence-electron chi connectivity index (χ4n) is 3.28. The summed E-state index contributed by atoms with van der Waals surface area (Å²) in [7, 11) is 0. The number of ether oxygens (including phenoxy) is 2. The van der Waals surface area contributed by atoms with Gasteiger partial charge in [-0.2, -0.15) is 5.26 Å². The van der Waals surface area contributed by atoms with Gasteiger partial charge in [0.05, 0.1) is 12.8 Å². The van der Waals surface area contributed by atoms with Crippen molar-refractivity contribution >= 4 is 18.0 Å². The van der Waals surface area contributed by atoms with Crippen molar-refractivity contribution in [1.29, 1.82) is 5.26 Å². The molecular weight excluding hydrogens is 444 g/mol. The highest BCUT2D eigenvalue weighted by molar-refractivity contribution is 6.01. The van der Waals surface area contributed by atoms with Gasteiger partial charge in [-0.3, -0.25) is 4.79 Å². The lowest BCUT2D eigenvalue weighted by Crippen LogP contribution is -2.23. The Kier molecular flexibility index (Phi) is 8.11. The number of nitrogens with zero attached hydrogens (tertiary/aromatic N) is 1. The first kappa shape index (κ1) is 25.3. The summed E-state index contributed by atoms with van der Waals surface area (Å²) < 4.78 is 16.3. The van der Waals surface area contributed by atoms with Crippen LogP contribution >= 0.6 is 0 Å². The number of carbonyl (C=O) groups is 2. The molecule has 1 N–H and O–H groups in total. The van der Waals surface area contributed by atoms with Crippen LogP contribution in [-0.2, 0) is 21.5 Å². The van der Waals surface area contributed by atoms with Crippen LogP contribution in [0, 0.1) is 18.3 Å². The standard InChI is InChI=1S/C28H28N2O5/c1-19-7-12-25(24(14-19)28(2,3)4)34-18-26(31)35-22-10-8-20(9-11-22)15-21(16-29)27(32)30-17-23-6-5-13-33-23/h5-15H,17-18H2,1-4H3,(H,30,32)/b21-15+. The quantitative estimate of drug-likeness (QED) is 0.212. The number of esters is 1. The molecule has 1 aromatic heterocycles. The second-order valence-electron chi connectivity index (χ2n) is 9.01. The monoisotopic (exact) mass is 472 g/mol. The third kappa shape index (κ3) is 7.34. The van der Waals surface area contributed by atoms with Gasteiger partial charge in [-0.15, -0.1) is 0 Å². The third-order valence-corrected chi connectivity index (χ3v) is 5.08. The van der Waals surface area contributed by atoms with Gasteiger partial charge in [0.15, 0.2) is 6.61 Å². The van der Waals surface area contributed by atoms with E-state index < -0.39 is 11.9 Å². The van der Waals surface area contributed by atoms with Crippen molar-refractivity contribution < 1.29 is 23.5 Å². The van der Waals surface area contributed by atoms with Crippen molar-refractivity contribution in [3.8, 4) is 17.6 Å². The van der Waals surface area contributed by atoms with Crippen LogP contribution in [0.2, 0.25) is 0 Å². The van der Waals surface area contributed by atoms with Gasteiger partial charge in [-0.1, -0.05) is 50.6 Å². The van der Waals surface area contributed by atoms with Crippen molar-refractivity contribution in [3.63, 3.8) is 0 Å². The predicted octanol–water partition coefficient (Wildman–Crippen LogP) is 5.09. The van der Waals surface area contributed by atoms with Crippen LogP contribution in [0.4, 0.5) is 0 Å². The van der Waals surface area contributed by atoms with E-state index in [1.165, 1.54) is 12.3 Å². The van der Waals surface area contributed by atoms with E-state index in [9.17, 15) is 14.9 Å². The van der Waals surface area contributed by atoms with E-state index in [4.69, 9.17) is 13.9 Å². The normalized spacial score (nSPS) is 11.5. The Morgan fingerprint density at radius 2 is 1.86 bits per heavy atom. The molecule has 1 amide bonds. The molecule has 0 radical (unpaired) electrons. The van der Waals surface area contributed by atoms with Gasteiger partial charge in [0.25, 0.3) is 5.91 Å². The van der Waals surface area contributed by atoms with E-state index >= 15 is 0 Å². The summed E-state index contributed by atoms with van der Waals surface area (Å²) in [6.45, 7) is 8.22. The zero-order chi connectivity index (χ0) is 25.4. The molecule has 0 saturated carbocycles. The van der Waals surface area contributed by atoms with Crippen LogP contribution in [0.5, 0.6) is 11.5 Å². The van der Waals surface area contributed by atoms with Gasteiger partial charge in [0, 0.05) is 0 Å². The molecule has 2 aromatic carbocycles. The summed E-state index contributed by atoms with van der Waals surface area (Å²) in [5.74, 6) is 0.514. The molecule has 1 heterocycles. The lowest BCUT2D eigenvalue weighted by molar-refractivity contribution is -0.136. The van der Waals surface area contributed by atoms with Gasteiger partial charge in [-0.25, -0.2) is 4.79 Å². The fourth-order valence-corrected chi connectivity index (χ4v) is 3.28. The molecule has 0 aliphatic rings. The maximum atomic E-state index is 12.3. The average Bonchev–Trinajstić information content (AvgIpc) is 3.34. The summed E-state index contributed by atoms with van der Waals surface area (Å²) in [5, 5.41) is 12.0. The Morgan fingerprint density at radius 3 is 2.49 bits per heavy atom. The molecule has 0 aliphatic heterocycles. The Bertz CT molecular complexity index is 1240. The number of amides is 1. The summed E-state index contributed by atoms with van der Waals surface area (Å²) >= 11 is 0. The van der Waals surface area contributed by atoms with E-state index in [1.807, 2.05) is 25.1 Å². The zero-order valence-electron chi connectivity index (χ0n) is 20.3. The summed E-state index contributed by atoms with van der Waals surface area (Å²) in [6, 6.07) is 17.7. The predicted molar refractivity (Wildman–Crippen MR) is 132 cm³/mol. The molecular formula is C28H28N2O5. The van der Waals surface area contributed by atoms with Crippen molar-refractivity contribution in [2.75, 3.05) is 6.61 Å². The molecule has 0 atom stereocenters. The van der Waals surface area contributed by atoms with Crippen LogP contribution in [0.1, 0.15) is 43.2 Å². The average molecular weight is 473 g/mol. The molecule has 35 heavy (non-hydrogen) atoms. The molecule has 7 heteroatoms. The first-order valence-corrected chi connectivity index (χ1v) is 11.1. The first-order chi connectivity index (χ1) is 16.7. The maximum Gasteiger partial charge on any atom is 0.349 e. The number of hydrogen-bond acceptors (Lipinski definition) is 6. The van der Waals surface area contributed by atoms with E-state index in [0.717, 1.165) is 11.1 Å². The van der Waals surface area contributed by atoms with Gasteiger partial charge in [0.2, 0.25) is 0 Å². The molecule has 0 aliphatic carbocycles. The fraction of sp³-hybridized carbons (Fsp3) is 0.250. The van der Waals surface area contributed by atoms with Gasteiger partial charge in [0.1, 0.15) is 28.9 Å². The number of hydrogen-bond donors (Lipinski definition) is 1. The van der Waals surface area contributed by atoms with E-state index in [2.05, 4.69) is 32.2 Å². The van der Waals surface area contributed by atoms with Gasteiger partial charge in [-0.05, 0) is 59.9 Å². The first-order valence-electron chi connectivity index (χ1n) is 11.1. The molecule has 7 nitrogen and oxygen atoms in total. The SMILES string of the molecule is Cc1ccc(OCC(=O)Oc2ccc(/C=C(\C#N)C(=O)NCc3ccco3)cc2)c(C(C)(C)C)c1. The van der Waals surface area contributed by atoms with E-state index in [0.29, 0.717) is 22.8 Å². The van der Waals surface area contributed by atoms with Crippen molar-refractivity contribution in [2.45, 2.75) is 39.7 Å². The highest BCUT2D eigenvalue weighted by Gasteiger charge is 2.20. The molecule has 3 aromatic rings. The highest BCUT2D eigenvalue weighted by Crippen LogP contribution is 2.32. The lowest BCUT2D eigenvalue weighted by atomic mass is 9.85. The Hall–Kier alpha value is -4.31. The summed E-state index contributed by atoms with van der Waals surface area (Å²) in [5.41, 5.74) is 2.56. The molecule has 0 bridgehead atoms. The van der Waals surface area contributed by atoms with Crippen molar-refractivity contribution in [2.24, 2.45) is 0 Å². The number of furan rings is 1. The summed E-state index contributed by atoms with van der Waals surface area (Å²) in [6.07, 6.45) is 2.96. The smallest absolute Gasteiger partial charge is 0.349 e. The number of benzene rings is 2. The second kappa shape index (κ2) is 11.2. The minimum Gasteiger partial charge on any atom is -0.482 e. The van der Waals surface area contributed by atoms with Crippen molar-refractivity contribution in [1.82, 2.24) is 5.32 Å². The van der Waals surface area contributed by atoms with Crippen LogP contribution < -0.4 is 14.8 Å².